The van der Waals surface area contributed by atoms with Crippen molar-refractivity contribution in [2.24, 2.45) is 22.2 Å². The minimum Gasteiger partial charge on any atom is -0.409 e. The van der Waals surface area contributed by atoms with E-state index in [2.05, 4.69) is 10.5 Å². The molecule has 0 spiro atoms. The summed E-state index contributed by atoms with van der Waals surface area (Å²) in [4.78, 5) is 12.5. The van der Waals surface area contributed by atoms with Crippen molar-refractivity contribution in [2.75, 3.05) is 6.54 Å². The maximum Gasteiger partial charge on any atom is 0.233 e. The number of nitrogens with two attached hydrogens (primary N) is 1. The van der Waals surface area contributed by atoms with Crippen LogP contribution in [0.3, 0.4) is 0 Å². The van der Waals surface area contributed by atoms with Crippen molar-refractivity contribution in [3.05, 3.63) is 0 Å². The van der Waals surface area contributed by atoms with Crippen molar-refractivity contribution < 1.29 is 10.0 Å². The Labute approximate surface area is 122 Å². The first kappa shape index (κ1) is 16.8. The zero-order valence-corrected chi connectivity index (χ0v) is 12.8. The zero-order valence-electron chi connectivity index (χ0n) is 12.8. The summed E-state index contributed by atoms with van der Waals surface area (Å²) in [5.41, 5.74) is 4.98. The highest BCUT2D eigenvalue weighted by atomic mass is 16.4. The van der Waals surface area contributed by atoms with E-state index in [0.29, 0.717) is 19.4 Å². The summed E-state index contributed by atoms with van der Waals surface area (Å²) in [5, 5.41) is 15.1. The molecule has 1 fully saturated rings. The summed E-state index contributed by atoms with van der Waals surface area (Å²) in [6.07, 6.45) is 7.77. The van der Waals surface area contributed by atoms with E-state index in [9.17, 15) is 4.79 Å². The third-order valence-corrected chi connectivity index (χ3v) is 4.16. The van der Waals surface area contributed by atoms with Crippen LogP contribution in [0.2, 0.25) is 0 Å². The molecule has 116 valence electrons. The first-order chi connectivity index (χ1) is 9.60. The van der Waals surface area contributed by atoms with Crippen LogP contribution in [0.5, 0.6) is 0 Å². The predicted octanol–water partition coefficient (Wildman–Crippen LogP) is 2.63. The fourth-order valence-corrected chi connectivity index (χ4v) is 2.84. The third-order valence-electron chi connectivity index (χ3n) is 4.16. The summed E-state index contributed by atoms with van der Waals surface area (Å²) in [6.45, 7) is 4.70. The van der Waals surface area contributed by atoms with Gasteiger partial charge in [0.1, 0.15) is 5.41 Å². The van der Waals surface area contributed by atoms with Crippen molar-refractivity contribution >= 4 is 11.7 Å². The molecule has 0 saturated heterocycles. The number of carbonyl (C=O) groups is 1. The molecule has 1 aliphatic rings. The van der Waals surface area contributed by atoms with Gasteiger partial charge >= 0.3 is 0 Å². The number of oxime groups is 1. The van der Waals surface area contributed by atoms with Gasteiger partial charge in [0, 0.05) is 6.54 Å². The fraction of sp³-hybridized carbons (Fsp3) is 0.867. The number of hydrogen-bond acceptors (Lipinski definition) is 3. The van der Waals surface area contributed by atoms with Crippen LogP contribution in [0.15, 0.2) is 5.16 Å². The largest absolute Gasteiger partial charge is 0.409 e. The van der Waals surface area contributed by atoms with Crippen molar-refractivity contribution in [1.82, 2.24) is 5.32 Å². The summed E-state index contributed by atoms with van der Waals surface area (Å²) >= 11 is 0. The zero-order chi connectivity index (χ0) is 15.0. The van der Waals surface area contributed by atoms with Crippen LogP contribution in [-0.2, 0) is 4.79 Å². The van der Waals surface area contributed by atoms with E-state index in [0.717, 1.165) is 25.2 Å². The number of nitrogens with zero attached hydrogens (tertiary/aromatic N) is 1. The van der Waals surface area contributed by atoms with Gasteiger partial charge in [0.15, 0.2) is 5.84 Å². The maximum atomic E-state index is 12.5. The highest BCUT2D eigenvalue weighted by molar-refractivity contribution is 6.06. The van der Waals surface area contributed by atoms with Gasteiger partial charge in [0.05, 0.1) is 0 Å². The lowest BCUT2D eigenvalue weighted by Crippen LogP contribution is -2.50. The third kappa shape index (κ3) is 4.39. The lowest BCUT2D eigenvalue weighted by molar-refractivity contribution is -0.128. The van der Waals surface area contributed by atoms with Crippen LogP contribution in [0.25, 0.3) is 0 Å². The molecule has 0 aromatic heterocycles. The standard InChI is InChI=1S/C15H29N3O2/c1-3-9-15(10-4-2,13(16)18-20)14(19)17-11-5-6-12-7-8-12/h12,20H,3-11H2,1-2H3,(H2,16,18)(H,17,19). The van der Waals surface area contributed by atoms with E-state index in [4.69, 9.17) is 10.9 Å². The van der Waals surface area contributed by atoms with E-state index in [1.807, 2.05) is 13.8 Å². The lowest BCUT2D eigenvalue weighted by Gasteiger charge is -2.30. The minimum atomic E-state index is -0.849. The van der Waals surface area contributed by atoms with Gasteiger partial charge in [-0.25, -0.2) is 0 Å². The minimum absolute atomic E-state index is 0.0425. The SMILES string of the molecule is CCCC(CCC)(C(=O)NCCCC1CC1)C(N)=NO. The molecule has 0 unspecified atom stereocenters. The molecular formula is C15H29N3O2. The summed E-state index contributed by atoms with van der Waals surface area (Å²) in [7, 11) is 0. The molecule has 1 rings (SSSR count). The second kappa shape index (κ2) is 8.12. The molecule has 20 heavy (non-hydrogen) atoms. The number of rotatable bonds is 10. The predicted molar refractivity (Wildman–Crippen MR) is 80.6 cm³/mol. The topological polar surface area (TPSA) is 87.7 Å². The normalized spacial score (nSPS) is 16.2. The van der Waals surface area contributed by atoms with Crippen molar-refractivity contribution in [3.8, 4) is 0 Å². The number of carbonyl (C=O) groups excluding carboxylic acids is 1. The molecule has 0 bridgehead atoms. The van der Waals surface area contributed by atoms with Crippen LogP contribution in [0, 0.1) is 11.3 Å². The molecule has 0 aliphatic heterocycles. The number of hydrogen-bond donors (Lipinski definition) is 3. The highest BCUT2D eigenvalue weighted by Gasteiger charge is 2.41. The highest BCUT2D eigenvalue weighted by Crippen LogP contribution is 2.33. The van der Waals surface area contributed by atoms with Gasteiger partial charge in [0.2, 0.25) is 5.91 Å². The molecule has 5 nitrogen and oxygen atoms in total. The van der Waals surface area contributed by atoms with Gasteiger partial charge in [0.25, 0.3) is 0 Å². The van der Waals surface area contributed by atoms with Gasteiger partial charge in [-0.1, -0.05) is 44.7 Å². The Bertz CT molecular complexity index is 332. The molecule has 5 heteroatoms. The molecule has 1 amide bonds. The van der Waals surface area contributed by atoms with Gasteiger partial charge < -0.3 is 16.3 Å². The summed E-state index contributed by atoms with van der Waals surface area (Å²) < 4.78 is 0. The van der Waals surface area contributed by atoms with Crippen LogP contribution in [0.1, 0.15) is 65.2 Å². The monoisotopic (exact) mass is 283 g/mol. The Balaban J connectivity index is 2.60. The van der Waals surface area contributed by atoms with Crippen LogP contribution >= 0.6 is 0 Å². The molecule has 1 aliphatic carbocycles. The van der Waals surface area contributed by atoms with Gasteiger partial charge in [-0.15, -0.1) is 0 Å². The van der Waals surface area contributed by atoms with E-state index in [1.165, 1.54) is 19.3 Å². The second-order valence-corrected chi connectivity index (χ2v) is 5.91. The van der Waals surface area contributed by atoms with Crippen LogP contribution < -0.4 is 11.1 Å². The Morgan fingerprint density at radius 3 is 2.40 bits per heavy atom. The summed E-state index contributed by atoms with van der Waals surface area (Å²) in [6, 6.07) is 0. The number of nitrogens with one attached hydrogen (secondary N) is 1. The molecule has 1 saturated carbocycles. The summed E-state index contributed by atoms with van der Waals surface area (Å²) in [5.74, 6) is 0.834. The molecule has 4 N–H and O–H groups in total. The molecule has 0 aromatic rings. The quantitative estimate of drug-likeness (QED) is 0.189. The Morgan fingerprint density at radius 1 is 1.35 bits per heavy atom. The van der Waals surface area contributed by atoms with E-state index >= 15 is 0 Å². The first-order valence-electron chi connectivity index (χ1n) is 7.87. The fourth-order valence-electron chi connectivity index (χ4n) is 2.84. The van der Waals surface area contributed by atoms with E-state index in [1.54, 1.807) is 0 Å². The molecule has 0 atom stereocenters. The molecule has 0 aromatic carbocycles. The average molecular weight is 283 g/mol. The smallest absolute Gasteiger partial charge is 0.233 e. The van der Waals surface area contributed by atoms with Gasteiger partial charge in [-0.2, -0.15) is 0 Å². The van der Waals surface area contributed by atoms with E-state index in [-0.39, 0.29) is 11.7 Å². The maximum absolute atomic E-state index is 12.5. The van der Waals surface area contributed by atoms with Crippen molar-refractivity contribution in [2.45, 2.75) is 65.2 Å². The van der Waals surface area contributed by atoms with Gasteiger partial charge in [-0.3, -0.25) is 4.79 Å². The molecule has 0 radical (unpaired) electrons. The van der Waals surface area contributed by atoms with Crippen molar-refractivity contribution in [3.63, 3.8) is 0 Å². The van der Waals surface area contributed by atoms with Crippen LogP contribution in [0.4, 0.5) is 0 Å². The van der Waals surface area contributed by atoms with Gasteiger partial charge in [-0.05, 0) is 31.6 Å². The number of amidine groups is 1. The van der Waals surface area contributed by atoms with E-state index < -0.39 is 5.41 Å². The Hall–Kier alpha value is -1.26. The molecule has 0 heterocycles. The molecular weight excluding hydrogens is 254 g/mol. The lowest BCUT2D eigenvalue weighted by atomic mass is 9.77. The van der Waals surface area contributed by atoms with Crippen molar-refractivity contribution in [1.29, 1.82) is 0 Å². The number of amides is 1. The first-order valence-corrected chi connectivity index (χ1v) is 7.87. The average Bonchev–Trinajstić information content (AvgIpc) is 3.26. The van der Waals surface area contributed by atoms with Crippen LogP contribution in [-0.4, -0.2) is 23.5 Å². The second-order valence-electron chi connectivity index (χ2n) is 5.91. The Kier molecular flexibility index (Phi) is 6.82. The Morgan fingerprint density at radius 2 is 1.95 bits per heavy atom.